The fourth-order valence-corrected chi connectivity index (χ4v) is 2.73. The average molecular weight is 291 g/mol. The number of rotatable bonds is 0. The molecule has 1 aliphatic rings. The molecule has 2 aromatic rings. The third kappa shape index (κ3) is 1.65. The van der Waals surface area contributed by atoms with Gasteiger partial charge in [-0.25, -0.2) is 0 Å². The molecule has 0 radical (unpaired) electrons. The van der Waals surface area contributed by atoms with Gasteiger partial charge < -0.3 is 15.3 Å². The van der Waals surface area contributed by atoms with Crippen LogP contribution in [0.25, 0.3) is 0 Å². The van der Waals surface area contributed by atoms with Gasteiger partial charge in [-0.3, -0.25) is 4.79 Å². The summed E-state index contributed by atoms with van der Waals surface area (Å²) in [5, 5.41) is 29.4. The van der Waals surface area contributed by atoms with Crippen LogP contribution < -0.4 is 0 Å². The molecule has 3 N–H and O–H groups in total. The topological polar surface area (TPSA) is 77.8 Å². The molecule has 20 heavy (non-hydrogen) atoms. The van der Waals surface area contributed by atoms with Gasteiger partial charge in [0.25, 0.3) is 0 Å². The predicted molar refractivity (Wildman–Crippen MR) is 73.9 cm³/mol. The lowest BCUT2D eigenvalue weighted by atomic mass is 9.83. The molecule has 0 atom stereocenters. The number of fused-ring (bicyclic) bond motifs is 2. The summed E-state index contributed by atoms with van der Waals surface area (Å²) in [6.45, 7) is 1.78. The Kier molecular flexibility index (Phi) is 2.66. The van der Waals surface area contributed by atoms with Crippen molar-refractivity contribution >= 4 is 17.4 Å². The summed E-state index contributed by atoms with van der Waals surface area (Å²) in [4.78, 5) is 12.5. The highest BCUT2D eigenvalue weighted by atomic mass is 35.5. The summed E-state index contributed by atoms with van der Waals surface area (Å²) >= 11 is 5.78. The third-order valence-electron chi connectivity index (χ3n) is 3.54. The maximum atomic E-state index is 12.5. The van der Waals surface area contributed by atoms with Crippen LogP contribution in [0.1, 0.15) is 32.6 Å². The molecule has 0 fully saturated rings. The molecule has 0 heterocycles. The van der Waals surface area contributed by atoms with Crippen LogP contribution in [0, 0.1) is 6.92 Å². The van der Waals surface area contributed by atoms with Gasteiger partial charge in [0.1, 0.15) is 22.3 Å². The summed E-state index contributed by atoms with van der Waals surface area (Å²) < 4.78 is 0. The number of hydrogen-bond donors (Lipinski definition) is 3. The molecule has 0 spiro atoms. The van der Waals surface area contributed by atoms with Gasteiger partial charge in [0.2, 0.25) is 0 Å². The second-order valence-corrected chi connectivity index (χ2v) is 5.28. The van der Waals surface area contributed by atoms with Crippen molar-refractivity contribution in [3.63, 3.8) is 0 Å². The number of phenolic OH excluding ortho intramolecular Hbond substituents is 3. The fraction of sp³-hybridized carbons (Fsp3) is 0.133. The molecule has 102 valence electrons. The van der Waals surface area contributed by atoms with E-state index in [2.05, 4.69) is 0 Å². The first-order valence-electron chi connectivity index (χ1n) is 6.00. The number of phenols is 3. The minimum Gasteiger partial charge on any atom is -0.508 e. The second kappa shape index (κ2) is 4.15. The second-order valence-electron chi connectivity index (χ2n) is 4.90. The van der Waals surface area contributed by atoms with Gasteiger partial charge in [0.05, 0.1) is 0 Å². The summed E-state index contributed by atoms with van der Waals surface area (Å²) in [7, 11) is 0. The SMILES string of the molecule is Cc1cc(O)c2c(c1)C(=O)c1cc(O)c(Cl)c(O)c1C2. The molecule has 1 aliphatic carbocycles. The zero-order valence-electron chi connectivity index (χ0n) is 10.6. The van der Waals surface area contributed by atoms with Crippen molar-refractivity contribution in [2.45, 2.75) is 13.3 Å². The maximum Gasteiger partial charge on any atom is 0.194 e. The molecule has 0 bridgehead atoms. The lowest BCUT2D eigenvalue weighted by molar-refractivity contribution is 0.103. The molecule has 0 aliphatic heterocycles. The standard InChI is InChI=1S/C15H11ClO4/c1-6-2-8-7(11(17)3-6)4-9-10(14(8)19)5-12(18)13(16)15(9)20/h2-3,5,17-18,20H,4H2,1H3. The van der Waals surface area contributed by atoms with Crippen molar-refractivity contribution in [2.75, 3.05) is 0 Å². The summed E-state index contributed by atoms with van der Waals surface area (Å²) in [6.07, 6.45) is 0.189. The van der Waals surface area contributed by atoms with Gasteiger partial charge in [-0.2, -0.15) is 0 Å². The van der Waals surface area contributed by atoms with Gasteiger partial charge in [-0.1, -0.05) is 11.6 Å². The Bertz CT molecular complexity index is 765. The molecule has 4 nitrogen and oxygen atoms in total. The lowest BCUT2D eigenvalue weighted by Gasteiger charge is -2.21. The van der Waals surface area contributed by atoms with Crippen molar-refractivity contribution in [1.29, 1.82) is 0 Å². The van der Waals surface area contributed by atoms with Gasteiger partial charge >= 0.3 is 0 Å². The summed E-state index contributed by atoms with van der Waals surface area (Å²) in [6, 6.07) is 4.50. The molecule has 2 aromatic carbocycles. The first-order valence-corrected chi connectivity index (χ1v) is 6.38. The van der Waals surface area contributed by atoms with E-state index in [0.29, 0.717) is 16.7 Å². The van der Waals surface area contributed by atoms with E-state index < -0.39 is 0 Å². The highest BCUT2D eigenvalue weighted by molar-refractivity contribution is 6.34. The molecule has 0 aromatic heterocycles. The largest absolute Gasteiger partial charge is 0.508 e. The number of halogens is 1. The van der Waals surface area contributed by atoms with Gasteiger partial charge in [-0.15, -0.1) is 0 Å². The van der Waals surface area contributed by atoms with Crippen LogP contribution in [0.15, 0.2) is 18.2 Å². The smallest absolute Gasteiger partial charge is 0.194 e. The molecule has 0 saturated heterocycles. The third-order valence-corrected chi connectivity index (χ3v) is 3.91. The first kappa shape index (κ1) is 12.8. The van der Waals surface area contributed by atoms with E-state index in [4.69, 9.17) is 11.6 Å². The van der Waals surface area contributed by atoms with Crippen LogP contribution in [0.5, 0.6) is 17.2 Å². The number of benzene rings is 2. The normalized spacial score (nSPS) is 13.0. The van der Waals surface area contributed by atoms with Crippen molar-refractivity contribution in [3.8, 4) is 17.2 Å². The zero-order chi connectivity index (χ0) is 14.6. The van der Waals surface area contributed by atoms with E-state index in [-0.39, 0.29) is 40.0 Å². The van der Waals surface area contributed by atoms with Crippen molar-refractivity contribution in [2.24, 2.45) is 0 Å². The number of hydrogen-bond acceptors (Lipinski definition) is 4. The molecule has 5 heteroatoms. The minimum absolute atomic E-state index is 0.0163. The lowest BCUT2D eigenvalue weighted by Crippen LogP contribution is -2.15. The Hall–Kier alpha value is -2.20. The van der Waals surface area contributed by atoms with Gasteiger partial charge in [0, 0.05) is 28.7 Å². The van der Waals surface area contributed by atoms with Crippen LogP contribution in [-0.2, 0) is 6.42 Å². The van der Waals surface area contributed by atoms with Crippen LogP contribution in [0.2, 0.25) is 5.02 Å². The summed E-state index contributed by atoms with van der Waals surface area (Å²) in [5.41, 5.74) is 2.15. The van der Waals surface area contributed by atoms with Crippen LogP contribution in [-0.4, -0.2) is 21.1 Å². The number of aryl methyl sites for hydroxylation is 1. The quantitative estimate of drug-likeness (QED) is 0.595. The van der Waals surface area contributed by atoms with E-state index in [9.17, 15) is 20.1 Å². The molecule has 3 rings (SSSR count). The Balaban J connectivity index is 2.31. The Morgan fingerprint density at radius 1 is 1.00 bits per heavy atom. The van der Waals surface area contributed by atoms with Gasteiger partial charge in [-0.05, 0) is 30.7 Å². The molecular weight excluding hydrogens is 280 g/mol. The average Bonchev–Trinajstić information content (AvgIpc) is 2.39. The van der Waals surface area contributed by atoms with E-state index in [1.54, 1.807) is 19.1 Å². The van der Waals surface area contributed by atoms with E-state index >= 15 is 0 Å². The van der Waals surface area contributed by atoms with Crippen LogP contribution >= 0.6 is 11.6 Å². The van der Waals surface area contributed by atoms with E-state index in [1.165, 1.54) is 6.07 Å². The summed E-state index contributed by atoms with van der Waals surface area (Å²) in [5.74, 6) is -0.984. The molecule has 0 amide bonds. The molecule has 0 saturated carbocycles. The zero-order valence-corrected chi connectivity index (χ0v) is 11.3. The van der Waals surface area contributed by atoms with Crippen molar-refractivity contribution in [1.82, 2.24) is 0 Å². The Labute approximate surface area is 119 Å². The van der Waals surface area contributed by atoms with Crippen LogP contribution in [0.4, 0.5) is 0 Å². The van der Waals surface area contributed by atoms with E-state index in [1.807, 2.05) is 0 Å². The Morgan fingerprint density at radius 2 is 1.65 bits per heavy atom. The minimum atomic E-state index is -0.345. The van der Waals surface area contributed by atoms with Crippen LogP contribution in [0.3, 0.4) is 0 Å². The predicted octanol–water partition coefficient (Wildman–Crippen LogP) is 2.90. The van der Waals surface area contributed by atoms with Gasteiger partial charge in [0.15, 0.2) is 5.78 Å². The number of aromatic hydroxyl groups is 3. The highest BCUT2D eigenvalue weighted by Crippen LogP contribution is 2.43. The fourth-order valence-electron chi connectivity index (χ4n) is 2.56. The highest BCUT2D eigenvalue weighted by Gasteiger charge is 2.30. The first-order chi connectivity index (χ1) is 9.40. The Morgan fingerprint density at radius 3 is 2.35 bits per heavy atom. The van der Waals surface area contributed by atoms with E-state index in [0.717, 1.165) is 5.56 Å². The number of ketones is 1. The number of carbonyl (C=O) groups is 1. The van der Waals surface area contributed by atoms with Crippen molar-refractivity contribution < 1.29 is 20.1 Å². The maximum absolute atomic E-state index is 12.5. The molecular formula is C15H11ClO4. The monoisotopic (exact) mass is 290 g/mol. The number of carbonyl (C=O) groups excluding carboxylic acids is 1. The van der Waals surface area contributed by atoms with Crippen molar-refractivity contribution in [3.05, 3.63) is 51.0 Å². The molecule has 0 unspecified atom stereocenters.